The minimum Gasteiger partial charge on any atom is -0.289 e. The predicted molar refractivity (Wildman–Crippen MR) is 62.8 cm³/mol. The Bertz CT molecular complexity index is 561. The molecular weight excluding hydrogens is 218 g/mol. The summed E-state index contributed by atoms with van der Waals surface area (Å²) in [6.07, 6.45) is 0. The molecule has 2 N–H and O–H groups in total. The molecular formula is C11H13N5O. The Balaban J connectivity index is 2.20. The molecule has 0 aliphatic rings. The van der Waals surface area contributed by atoms with Gasteiger partial charge in [-0.15, -0.1) is 5.10 Å². The third-order valence-corrected chi connectivity index (χ3v) is 2.29. The van der Waals surface area contributed by atoms with Crippen LogP contribution in [0.15, 0.2) is 12.1 Å². The van der Waals surface area contributed by atoms with Crippen molar-refractivity contribution >= 4 is 11.9 Å². The van der Waals surface area contributed by atoms with Crippen LogP contribution in [0, 0.1) is 20.8 Å². The van der Waals surface area contributed by atoms with Gasteiger partial charge in [0.25, 0.3) is 5.91 Å². The molecule has 6 nitrogen and oxygen atoms in total. The summed E-state index contributed by atoms with van der Waals surface area (Å²) < 4.78 is 0. The minimum absolute atomic E-state index is 0.256. The number of carbonyl (C=O) groups excluding carboxylic acids is 1. The van der Waals surface area contributed by atoms with E-state index in [1.54, 1.807) is 26.0 Å². The van der Waals surface area contributed by atoms with Gasteiger partial charge in [0.1, 0.15) is 5.82 Å². The predicted octanol–water partition coefficient (Wildman–Crippen LogP) is 1.38. The van der Waals surface area contributed by atoms with E-state index in [0.717, 1.165) is 5.69 Å². The topological polar surface area (TPSA) is 83.6 Å². The molecule has 2 heterocycles. The molecule has 1 amide bonds. The first-order valence-corrected chi connectivity index (χ1v) is 5.21. The van der Waals surface area contributed by atoms with E-state index in [2.05, 4.69) is 25.5 Å². The van der Waals surface area contributed by atoms with Crippen LogP contribution in [0.1, 0.15) is 27.6 Å². The molecule has 88 valence electrons. The molecule has 2 aromatic heterocycles. The van der Waals surface area contributed by atoms with Gasteiger partial charge in [0, 0.05) is 5.69 Å². The zero-order chi connectivity index (χ0) is 12.4. The number of aromatic amines is 1. The molecule has 0 aliphatic carbocycles. The van der Waals surface area contributed by atoms with Crippen LogP contribution in [0.5, 0.6) is 0 Å². The first-order valence-electron chi connectivity index (χ1n) is 5.21. The summed E-state index contributed by atoms with van der Waals surface area (Å²) in [6.45, 7) is 5.44. The van der Waals surface area contributed by atoms with Crippen LogP contribution in [0.2, 0.25) is 0 Å². The molecule has 17 heavy (non-hydrogen) atoms. The second-order valence-electron chi connectivity index (χ2n) is 3.78. The van der Waals surface area contributed by atoms with E-state index in [0.29, 0.717) is 17.1 Å². The summed E-state index contributed by atoms with van der Waals surface area (Å²) in [4.78, 5) is 20.1. The van der Waals surface area contributed by atoms with Crippen molar-refractivity contribution in [1.29, 1.82) is 0 Å². The maximum Gasteiger partial charge on any atom is 0.259 e. The SMILES string of the molecule is Cc1ccc(C(=O)Nc2n[nH]c(C)n2)c(C)n1. The quantitative estimate of drug-likeness (QED) is 0.817. The number of nitrogens with zero attached hydrogens (tertiary/aromatic N) is 3. The Morgan fingerprint density at radius 2 is 2.00 bits per heavy atom. The highest BCUT2D eigenvalue weighted by Crippen LogP contribution is 2.08. The summed E-state index contributed by atoms with van der Waals surface area (Å²) in [5.41, 5.74) is 2.10. The number of hydrogen-bond donors (Lipinski definition) is 2. The van der Waals surface area contributed by atoms with Crippen molar-refractivity contribution in [2.24, 2.45) is 0 Å². The summed E-state index contributed by atoms with van der Waals surface area (Å²) in [5.74, 6) is 0.667. The lowest BCUT2D eigenvalue weighted by molar-refractivity contribution is 0.102. The fourth-order valence-corrected chi connectivity index (χ4v) is 1.49. The van der Waals surface area contributed by atoms with Crippen molar-refractivity contribution in [3.63, 3.8) is 0 Å². The number of H-pyrrole nitrogens is 1. The number of carbonyl (C=O) groups is 1. The van der Waals surface area contributed by atoms with E-state index in [1.807, 2.05) is 6.92 Å². The zero-order valence-corrected chi connectivity index (χ0v) is 9.90. The van der Waals surface area contributed by atoms with Gasteiger partial charge in [0.15, 0.2) is 0 Å². The standard InChI is InChI=1S/C11H13N5O/c1-6-4-5-9(7(2)12-6)10(17)14-11-13-8(3)15-16-11/h4-5H,1-3H3,(H2,13,14,15,16,17). The molecule has 0 saturated heterocycles. The first-order chi connectivity index (χ1) is 8.06. The van der Waals surface area contributed by atoms with Gasteiger partial charge in [0.05, 0.1) is 11.3 Å². The monoisotopic (exact) mass is 231 g/mol. The number of aryl methyl sites for hydroxylation is 3. The highest BCUT2D eigenvalue weighted by atomic mass is 16.1. The van der Waals surface area contributed by atoms with Gasteiger partial charge in [-0.25, -0.2) is 0 Å². The van der Waals surface area contributed by atoms with Crippen LogP contribution >= 0.6 is 0 Å². The number of anilines is 1. The number of amides is 1. The fourth-order valence-electron chi connectivity index (χ4n) is 1.49. The number of rotatable bonds is 2. The van der Waals surface area contributed by atoms with E-state index < -0.39 is 0 Å². The van der Waals surface area contributed by atoms with E-state index >= 15 is 0 Å². The van der Waals surface area contributed by atoms with Gasteiger partial charge in [0.2, 0.25) is 5.95 Å². The molecule has 0 radical (unpaired) electrons. The van der Waals surface area contributed by atoms with E-state index in [1.165, 1.54) is 0 Å². The Labute approximate surface area is 98.5 Å². The van der Waals surface area contributed by atoms with E-state index in [-0.39, 0.29) is 11.9 Å². The lowest BCUT2D eigenvalue weighted by Gasteiger charge is -2.04. The van der Waals surface area contributed by atoms with Crippen molar-refractivity contribution in [3.8, 4) is 0 Å². The third-order valence-electron chi connectivity index (χ3n) is 2.29. The van der Waals surface area contributed by atoms with Gasteiger partial charge in [-0.05, 0) is 32.9 Å². The average molecular weight is 231 g/mol. The number of pyridine rings is 1. The molecule has 2 rings (SSSR count). The second kappa shape index (κ2) is 4.32. The molecule has 6 heteroatoms. The molecule has 0 fully saturated rings. The maximum absolute atomic E-state index is 11.9. The summed E-state index contributed by atoms with van der Waals surface area (Å²) in [5, 5.41) is 9.10. The Hall–Kier alpha value is -2.24. The van der Waals surface area contributed by atoms with Crippen LogP contribution < -0.4 is 5.32 Å². The smallest absolute Gasteiger partial charge is 0.259 e. The Morgan fingerprint density at radius 3 is 2.59 bits per heavy atom. The summed E-state index contributed by atoms with van der Waals surface area (Å²) in [7, 11) is 0. The van der Waals surface area contributed by atoms with Crippen LogP contribution in [-0.4, -0.2) is 26.1 Å². The fraction of sp³-hybridized carbons (Fsp3) is 0.273. The molecule has 0 spiro atoms. The molecule has 0 aliphatic heterocycles. The molecule has 0 bridgehead atoms. The van der Waals surface area contributed by atoms with Gasteiger partial charge in [-0.1, -0.05) is 0 Å². The third kappa shape index (κ3) is 2.47. The highest BCUT2D eigenvalue weighted by Gasteiger charge is 2.12. The van der Waals surface area contributed by atoms with Gasteiger partial charge >= 0.3 is 0 Å². The van der Waals surface area contributed by atoms with E-state index in [4.69, 9.17) is 0 Å². The van der Waals surface area contributed by atoms with Crippen molar-refractivity contribution in [1.82, 2.24) is 20.2 Å². The van der Waals surface area contributed by atoms with Crippen LogP contribution in [0.3, 0.4) is 0 Å². The molecule has 0 aromatic carbocycles. The van der Waals surface area contributed by atoms with Crippen LogP contribution in [-0.2, 0) is 0 Å². The van der Waals surface area contributed by atoms with Crippen molar-refractivity contribution < 1.29 is 4.79 Å². The molecule has 0 atom stereocenters. The number of aromatic nitrogens is 4. The second-order valence-corrected chi connectivity index (χ2v) is 3.78. The van der Waals surface area contributed by atoms with Gasteiger partial charge in [-0.3, -0.25) is 20.2 Å². The highest BCUT2D eigenvalue weighted by molar-refractivity contribution is 6.04. The number of hydrogen-bond acceptors (Lipinski definition) is 4. The summed E-state index contributed by atoms with van der Waals surface area (Å²) >= 11 is 0. The van der Waals surface area contributed by atoms with Crippen molar-refractivity contribution in [3.05, 3.63) is 34.9 Å². The zero-order valence-electron chi connectivity index (χ0n) is 9.90. The lowest BCUT2D eigenvalue weighted by atomic mass is 10.2. The lowest BCUT2D eigenvalue weighted by Crippen LogP contribution is -2.15. The van der Waals surface area contributed by atoms with Gasteiger partial charge in [-0.2, -0.15) is 4.98 Å². The largest absolute Gasteiger partial charge is 0.289 e. The van der Waals surface area contributed by atoms with Crippen LogP contribution in [0.25, 0.3) is 0 Å². The van der Waals surface area contributed by atoms with Gasteiger partial charge < -0.3 is 0 Å². The molecule has 0 saturated carbocycles. The normalized spacial score (nSPS) is 10.3. The minimum atomic E-state index is -0.256. The number of nitrogens with one attached hydrogen (secondary N) is 2. The van der Waals surface area contributed by atoms with Crippen LogP contribution in [0.4, 0.5) is 5.95 Å². The molecule has 2 aromatic rings. The van der Waals surface area contributed by atoms with Crippen molar-refractivity contribution in [2.45, 2.75) is 20.8 Å². The maximum atomic E-state index is 11.9. The summed E-state index contributed by atoms with van der Waals surface area (Å²) in [6, 6.07) is 3.54. The average Bonchev–Trinajstić information content (AvgIpc) is 2.63. The van der Waals surface area contributed by atoms with Crippen molar-refractivity contribution in [2.75, 3.05) is 5.32 Å². The first kappa shape index (κ1) is 11.3. The Morgan fingerprint density at radius 1 is 1.24 bits per heavy atom. The molecule has 0 unspecified atom stereocenters. The van der Waals surface area contributed by atoms with E-state index in [9.17, 15) is 4.79 Å². The Kier molecular flexibility index (Phi) is 2.86.